The van der Waals surface area contributed by atoms with Gasteiger partial charge in [-0.3, -0.25) is 0 Å². The molecular formula is C4H10AuO. The Labute approximate surface area is 54.3 Å². The van der Waals surface area contributed by atoms with Crippen LogP contribution in [0, 0.1) is 0 Å². The summed E-state index contributed by atoms with van der Waals surface area (Å²) in [7, 11) is 0. The zero-order valence-corrected chi connectivity index (χ0v) is 6.04. The molecule has 0 atom stereocenters. The van der Waals surface area contributed by atoms with Gasteiger partial charge in [-0.25, -0.2) is 0 Å². The van der Waals surface area contributed by atoms with Gasteiger partial charge in [0.1, 0.15) is 0 Å². The Morgan fingerprint density at radius 2 is 2.00 bits per heavy atom. The van der Waals surface area contributed by atoms with Crippen molar-refractivity contribution in [2.75, 3.05) is 6.61 Å². The molecule has 2 heteroatoms. The average molecular weight is 271 g/mol. The van der Waals surface area contributed by atoms with Crippen molar-refractivity contribution in [2.45, 2.75) is 19.8 Å². The first-order valence-electron chi connectivity index (χ1n) is 2.02. The van der Waals surface area contributed by atoms with Crippen LogP contribution < -0.4 is 0 Å². The van der Waals surface area contributed by atoms with Gasteiger partial charge >= 0.3 is 0 Å². The maximum atomic E-state index is 8.07. The normalized spacial score (nSPS) is 7.00. The molecule has 0 spiro atoms. The number of unbranched alkanes of at least 4 members (excludes halogenated alkanes) is 1. The van der Waals surface area contributed by atoms with E-state index in [0.29, 0.717) is 6.61 Å². The third-order valence-electron chi connectivity index (χ3n) is 0.512. The molecule has 0 unspecified atom stereocenters. The van der Waals surface area contributed by atoms with Crippen molar-refractivity contribution in [3.63, 3.8) is 0 Å². The van der Waals surface area contributed by atoms with Crippen LogP contribution in [0.15, 0.2) is 0 Å². The van der Waals surface area contributed by atoms with Crippen molar-refractivity contribution < 1.29 is 27.5 Å². The molecule has 0 saturated carbocycles. The van der Waals surface area contributed by atoms with Crippen LogP contribution in [0.3, 0.4) is 0 Å². The van der Waals surface area contributed by atoms with E-state index in [0.717, 1.165) is 12.8 Å². The summed E-state index contributed by atoms with van der Waals surface area (Å²) in [6.45, 7) is 2.40. The molecule has 1 N–H and O–H groups in total. The number of aliphatic hydroxyl groups is 1. The van der Waals surface area contributed by atoms with Gasteiger partial charge in [-0.1, -0.05) is 13.3 Å². The molecule has 1 radical (unpaired) electrons. The van der Waals surface area contributed by atoms with Crippen LogP contribution in [-0.4, -0.2) is 11.7 Å². The smallest absolute Gasteiger partial charge is 0.0430 e. The summed E-state index contributed by atoms with van der Waals surface area (Å²) >= 11 is 0. The summed E-state index contributed by atoms with van der Waals surface area (Å²) in [5.41, 5.74) is 0. The quantitative estimate of drug-likeness (QED) is 0.736. The number of rotatable bonds is 2. The summed E-state index contributed by atoms with van der Waals surface area (Å²) < 4.78 is 0. The summed E-state index contributed by atoms with van der Waals surface area (Å²) in [5, 5.41) is 8.07. The van der Waals surface area contributed by atoms with E-state index in [1.165, 1.54) is 0 Å². The van der Waals surface area contributed by atoms with E-state index in [1.807, 2.05) is 0 Å². The van der Waals surface area contributed by atoms with Gasteiger partial charge in [0.25, 0.3) is 0 Å². The first-order chi connectivity index (χ1) is 2.41. The molecule has 6 heavy (non-hydrogen) atoms. The maximum Gasteiger partial charge on any atom is 0.0430 e. The number of aliphatic hydroxyl groups excluding tert-OH is 1. The molecular weight excluding hydrogens is 261 g/mol. The van der Waals surface area contributed by atoms with Crippen molar-refractivity contribution in [1.82, 2.24) is 0 Å². The second kappa shape index (κ2) is 9.20. The molecule has 0 heterocycles. The maximum absolute atomic E-state index is 8.07. The zero-order chi connectivity index (χ0) is 4.12. The van der Waals surface area contributed by atoms with E-state index in [-0.39, 0.29) is 22.4 Å². The molecule has 0 aliphatic carbocycles. The number of hydrogen-bond donors (Lipinski definition) is 1. The summed E-state index contributed by atoms with van der Waals surface area (Å²) in [6, 6.07) is 0. The third-order valence-corrected chi connectivity index (χ3v) is 0.512. The first kappa shape index (κ1) is 9.85. The van der Waals surface area contributed by atoms with Crippen molar-refractivity contribution in [3.05, 3.63) is 0 Å². The fourth-order valence-corrected chi connectivity index (χ4v) is 0.158. The van der Waals surface area contributed by atoms with Gasteiger partial charge in [-0.2, -0.15) is 0 Å². The van der Waals surface area contributed by atoms with Crippen LogP contribution in [0.4, 0.5) is 0 Å². The monoisotopic (exact) mass is 271 g/mol. The Morgan fingerprint density at radius 3 is 2.00 bits per heavy atom. The van der Waals surface area contributed by atoms with Gasteiger partial charge in [-0.15, -0.1) is 0 Å². The van der Waals surface area contributed by atoms with Crippen LogP contribution in [-0.2, 0) is 22.4 Å². The summed E-state index contributed by atoms with van der Waals surface area (Å²) in [6.07, 6.45) is 2.04. The fourth-order valence-electron chi connectivity index (χ4n) is 0.158. The van der Waals surface area contributed by atoms with E-state index < -0.39 is 0 Å². The third kappa shape index (κ3) is 8.83. The Kier molecular flexibility index (Phi) is 15.1. The van der Waals surface area contributed by atoms with Gasteiger partial charge in [0.15, 0.2) is 0 Å². The minimum absolute atomic E-state index is 0. The van der Waals surface area contributed by atoms with Gasteiger partial charge in [0.05, 0.1) is 0 Å². The van der Waals surface area contributed by atoms with Crippen LogP contribution in [0.25, 0.3) is 0 Å². The van der Waals surface area contributed by atoms with E-state index in [9.17, 15) is 0 Å². The molecule has 43 valence electrons. The van der Waals surface area contributed by atoms with Crippen molar-refractivity contribution >= 4 is 0 Å². The van der Waals surface area contributed by atoms with Crippen LogP contribution in [0.1, 0.15) is 19.8 Å². The zero-order valence-electron chi connectivity index (χ0n) is 3.87. The van der Waals surface area contributed by atoms with Crippen molar-refractivity contribution in [2.24, 2.45) is 0 Å². The molecule has 0 fully saturated rings. The average Bonchev–Trinajstić information content (AvgIpc) is 1.41. The molecule has 0 rings (SSSR count). The molecule has 0 bridgehead atoms. The molecule has 0 aliphatic heterocycles. The van der Waals surface area contributed by atoms with Crippen molar-refractivity contribution in [3.8, 4) is 0 Å². The van der Waals surface area contributed by atoms with E-state index in [4.69, 9.17) is 5.11 Å². The Bertz CT molecular complexity index is 15.0. The first-order valence-corrected chi connectivity index (χ1v) is 2.02. The summed E-state index contributed by atoms with van der Waals surface area (Å²) in [5.74, 6) is 0. The molecule has 0 aromatic rings. The Balaban J connectivity index is 0. The topological polar surface area (TPSA) is 20.2 Å². The summed E-state index contributed by atoms with van der Waals surface area (Å²) in [4.78, 5) is 0. The standard InChI is InChI=1S/C4H10O.Au/c1-2-3-4-5;/h5H,2-4H2,1H3;. The van der Waals surface area contributed by atoms with Crippen LogP contribution in [0.5, 0.6) is 0 Å². The SMILES string of the molecule is CCCCO.[Au]. The molecule has 0 amide bonds. The van der Waals surface area contributed by atoms with Gasteiger partial charge < -0.3 is 5.11 Å². The van der Waals surface area contributed by atoms with Crippen LogP contribution >= 0.6 is 0 Å². The number of hydrogen-bond acceptors (Lipinski definition) is 1. The molecule has 0 aromatic carbocycles. The van der Waals surface area contributed by atoms with E-state index in [2.05, 4.69) is 6.92 Å². The Hall–Kier alpha value is 0.700. The molecule has 1 nitrogen and oxygen atoms in total. The predicted octanol–water partition coefficient (Wildman–Crippen LogP) is 0.776. The van der Waals surface area contributed by atoms with Gasteiger partial charge in [0, 0.05) is 29.0 Å². The van der Waals surface area contributed by atoms with E-state index >= 15 is 0 Å². The largest absolute Gasteiger partial charge is 0.396 e. The second-order valence-corrected chi connectivity index (χ2v) is 1.08. The molecule has 0 saturated heterocycles. The minimum atomic E-state index is 0. The fraction of sp³-hybridized carbons (Fsp3) is 1.00. The van der Waals surface area contributed by atoms with Crippen LogP contribution in [0.2, 0.25) is 0 Å². The minimum Gasteiger partial charge on any atom is -0.396 e. The second-order valence-electron chi connectivity index (χ2n) is 1.08. The van der Waals surface area contributed by atoms with Crippen molar-refractivity contribution in [1.29, 1.82) is 0 Å². The van der Waals surface area contributed by atoms with Gasteiger partial charge in [0.2, 0.25) is 0 Å². The molecule has 0 aliphatic rings. The van der Waals surface area contributed by atoms with E-state index in [1.54, 1.807) is 0 Å². The predicted molar refractivity (Wildman–Crippen MR) is 22.0 cm³/mol. The Morgan fingerprint density at radius 1 is 1.50 bits per heavy atom. The molecule has 0 aromatic heterocycles. The van der Waals surface area contributed by atoms with Gasteiger partial charge in [-0.05, 0) is 6.42 Å².